The van der Waals surface area contributed by atoms with Gasteiger partial charge in [-0.3, -0.25) is 0 Å². The van der Waals surface area contributed by atoms with Crippen molar-refractivity contribution in [2.75, 3.05) is 26.2 Å². The molecule has 1 saturated heterocycles. The predicted octanol–water partition coefficient (Wildman–Crippen LogP) is 1.15. The summed E-state index contributed by atoms with van der Waals surface area (Å²) >= 11 is 0. The third-order valence-corrected chi connectivity index (χ3v) is 3.07. The van der Waals surface area contributed by atoms with Gasteiger partial charge in [0.2, 0.25) is 0 Å². The van der Waals surface area contributed by atoms with E-state index in [4.69, 9.17) is 0 Å². The minimum Gasteiger partial charge on any atom is -0.365 e. The number of aromatic amines is 1. The van der Waals surface area contributed by atoms with Crippen molar-refractivity contribution >= 4 is 0 Å². The van der Waals surface area contributed by atoms with E-state index in [0.717, 1.165) is 25.4 Å². The molecule has 1 aliphatic rings. The van der Waals surface area contributed by atoms with Crippen LogP contribution >= 0.6 is 0 Å². The van der Waals surface area contributed by atoms with Gasteiger partial charge in [-0.25, -0.2) is 0 Å². The molecule has 84 valence electrons. The lowest BCUT2D eigenvalue weighted by atomic mass is 10.00. The molecule has 0 saturated carbocycles. The fourth-order valence-electron chi connectivity index (χ4n) is 2.15. The van der Waals surface area contributed by atoms with Crippen LogP contribution in [0.5, 0.6) is 0 Å². The van der Waals surface area contributed by atoms with Crippen LogP contribution in [0.1, 0.15) is 18.5 Å². The highest BCUT2D eigenvalue weighted by Gasteiger charge is 2.11. The van der Waals surface area contributed by atoms with Crippen LogP contribution in [0.2, 0.25) is 0 Å². The minimum absolute atomic E-state index is 0.836. The van der Waals surface area contributed by atoms with Gasteiger partial charge in [-0.2, -0.15) is 0 Å². The van der Waals surface area contributed by atoms with Crippen molar-refractivity contribution in [3.05, 3.63) is 24.0 Å². The lowest BCUT2D eigenvalue weighted by Crippen LogP contribution is -2.36. The summed E-state index contributed by atoms with van der Waals surface area (Å²) in [6, 6.07) is 4.20. The first kappa shape index (κ1) is 10.7. The van der Waals surface area contributed by atoms with E-state index in [1.54, 1.807) is 0 Å². The van der Waals surface area contributed by atoms with Gasteiger partial charge in [0.25, 0.3) is 0 Å². The molecule has 0 aliphatic carbocycles. The Kier molecular flexibility index (Phi) is 4.23. The molecule has 3 heteroatoms. The molecule has 2 heterocycles. The first-order chi connectivity index (χ1) is 7.45. The summed E-state index contributed by atoms with van der Waals surface area (Å²) in [6.07, 6.45) is 5.80. The SMILES string of the molecule is c1c[nH]c(CCNCC2CCCNC2)c1. The van der Waals surface area contributed by atoms with Crippen molar-refractivity contribution in [2.45, 2.75) is 19.3 Å². The fourth-order valence-corrected chi connectivity index (χ4v) is 2.15. The highest BCUT2D eigenvalue weighted by Crippen LogP contribution is 2.07. The van der Waals surface area contributed by atoms with Crippen LogP contribution < -0.4 is 10.6 Å². The summed E-state index contributed by atoms with van der Waals surface area (Å²) in [5.41, 5.74) is 1.32. The average molecular weight is 207 g/mol. The Labute approximate surface area is 91.7 Å². The van der Waals surface area contributed by atoms with Crippen LogP contribution in [0.3, 0.4) is 0 Å². The summed E-state index contributed by atoms with van der Waals surface area (Å²) in [4.78, 5) is 3.22. The monoisotopic (exact) mass is 207 g/mol. The average Bonchev–Trinajstić information content (AvgIpc) is 2.79. The predicted molar refractivity (Wildman–Crippen MR) is 63.0 cm³/mol. The molecule has 15 heavy (non-hydrogen) atoms. The van der Waals surface area contributed by atoms with E-state index in [1.165, 1.54) is 31.6 Å². The first-order valence-corrected chi connectivity index (χ1v) is 5.99. The van der Waals surface area contributed by atoms with E-state index < -0.39 is 0 Å². The van der Waals surface area contributed by atoms with Crippen LogP contribution in [0, 0.1) is 5.92 Å². The van der Waals surface area contributed by atoms with Gasteiger partial charge in [0.1, 0.15) is 0 Å². The highest BCUT2D eigenvalue weighted by atomic mass is 14.9. The van der Waals surface area contributed by atoms with E-state index in [0.29, 0.717) is 0 Å². The fraction of sp³-hybridized carbons (Fsp3) is 0.667. The normalized spacial score (nSPS) is 21.7. The van der Waals surface area contributed by atoms with Gasteiger partial charge in [-0.1, -0.05) is 0 Å². The van der Waals surface area contributed by atoms with Gasteiger partial charge in [-0.15, -0.1) is 0 Å². The summed E-state index contributed by atoms with van der Waals surface area (Å²) in [7, 11) is 0. The van der Waals surface area contributed by atoms with Crippen LogP contribution in [0.25, 0.3) is 0 Å². The molecule has 0 spiro atoms. The van der Waals surface area contributed by atoms with E-state index in [9.17, 15) is 0 Å². The molecule has 1 atom stereocenters. The zero-order chi connectivity index (χ0) is 10.3. The van der Waals surface area contributed by atoms with Gasteiger partial charge in [0.05, 0.1) is 0 Å². The smallest absolute Gasteiger partial charge is 0.0159 e. The van der Waals surface area contributed by atoms with Gasteiger partial charge in [-0.05, 0) is 56.9 Å². The largest absolute Gasteiger partial charge is 0.365 e. The third kappa shape index (κ3) is 3.68. The molecule has 0 bridgehead atoms. The molecule has 3 nitrogen and oxygen atoms in total. The number of aromatic nitrogens is 1. The summed E-state index contributed by atoms with van der Waals surface area (Å²) in [5.74, 6) is 0.836. The van der Waals surface area contributed by atoms with Crippen LogP contribution in [-0.4, -0.2) is 31.2 Å². The van der Waals surface area contributed by atoms with E-state index in [2.05, 4.69) is 27.8 Å². The van der Waals surface area contributed by atoms with E-state index in [-0.39, 0.29) is 0 Å². The summed E-state index contributed by atoms with van der Waals surface area (Å²) in [6.45, 7) is 4.64. The standard InChI is InChI=1S/C12H21N3/c1-3-11(9-13-6-1)10-14-8-5-12-4-2-7-15-12/h2,4,7,11,13-15H,1,3,5-6,8-10H2. The molecule has 3 N–H and O–H groups in total. The Bertz CT molecular complexity index is 250. The van der Waals surface area contributed by atoms with Crippen molar-refractivity contribution < 1.29 is 0 Å². The van der Waals surface area contributed by atoms with E-state index in [1.807, 2.05) is 6.20 Å². The van der Waals surface area contributed by atoms with Crippen molar-refractivity contribution in [3.63, 3.8) is 0 Å². The Morgan fingerprint density at radius 3 is 3.20 bits per heavy atom. The molecule has 0 aromatic carbocycles. The number of rotatable bonds is 5. The molecule has 1 aromatic heterocycles. The van der Waals surface area contributed by atoms with Crippen LogP contribution in [0.15, 0.2) is 18.3 Å². The zero-order valence-electron chi connectivity index (χ0n) is 9.26. The lowest BCUT2D eigenvalue weighted by molar-refractivity contribution is 0.361. The number of hydrogen-bond acceptors (Lipinski definition) is 2. The molecular formula is C12H21N3. The Morgan fingerprint density at radius 2 is 2.47 bits per heavy atom. The second kappa shape index (κ2) is 5.93. The van der Waals surface area contributed by atoms with Crippen molar-refractivity contribution in [1.29, 1.82) is 0 Å². The van der Waals surface area contributed by atoms with E-state index >= 15 is 0 Å². The second-order valence-electron chi connectivity index (χ2n) is 4.36. The van der Waals surface area contributed by atoms with Gasteiger partial charge < -0.3 is 15.6 Å². The molecule has 0 amide bonds. The van der Waals surface area contributed by atoms with Gasteiger partial charge in [0.15, 0.2) is 0 Å². The molecule has 2 rings (SSSR count). The molecule has 1 unspecified atom stereocenters. The number of piperidine rings is 1. The summed E-state index contributed by atoms with van der Waals surface area (Å²) < 4.78 is 0. The Balaban J connectivity index is 1.54. The maximum absolute atomic E-state index is 3.53. The molecule has 1 aromatic rings. The third-order valence-electron chi connectivity index (χ3n) is 3.07. The quantitative estimate of drug-likeness (QED) is 0.634. The van der Waals surface area contributed by atoms with Crippen LogP contribution in [0.4, 0.5) is 0 Å². The molecular weight excluding hydrogens is 186 g/mol. The maximum Gasteiger partial charge on any atom is 0.0159 e. The minimum atomic E-state index is 0.836. The Hall–Kier alpha value is -0.800. The number of hydrogen-bond donors (Lipinski definition) is 3. The lowest BCUT2D eigenvalue weighted by Gasteiger charge is -2.22. The van der Waals surface area contributed by atoms with Crippen molar-refractivity contribution in [2.24, 2.45) is 5.92 Å². The van der Waals surface area contributed by atoms with Crippen molar-refractivity contribution in [1.82, 2.24) is 15.6 Å². The topological polar surface area (TPSA) is 39.9 Å². The summed E-state index contributed by atoms with van der Waals surface area (Å²) in [5, 5.41) is 6.98. The van der Waals surface area contributed by atoms with Gasteiger partial charge in [0, 0.05) is 18.4 Å². The highest BCUT2D eigenvalue weighted by molar-refractivity contribution is 5.03. The number of H-pyrrole nitrogens is 1. The molecule has 1 aliphatic heterocycles. The molecule has 1 fully saturated rings. The zero-order valence-corrected chi connectivity index (χ0v) is 9.26. The van der Waals surface area contributed by atoms with Crippen LogP contribution in [-0.2, 0) is 6.42 Å². The maximum atomic E-state index is 3.53. The van der Waals surface area contributed by atoms with Crippen molar-refractivity contribution in [3.8, 4) is 0 Å². The van der Waals surface area contributed by atoms with Gasteiger partial charge >= 0.3 is 0 Å². The first-order valence-electron chi connectivity index (χ1n) is 5.99. The second-order valence-corrected chi connectivity index (χ2v) is 4.36. The number of nitrogens with one attached hydrogen (secondary N) is 3. The molecule has 0 radical (unpaired) electrons. The Morgan fingerprint density at radius 1 is 1.47 bits per heavy atom.